The number of nitrogens with one attached hydrogen (secondary N) is 1. The Morgan fingerprint density at radius 2 is 1.85 bits per heavy atom. The van der Waals surface area contributed by atoms with Crippen molar-refractivity contribution in [2.75, 3.05) is 25.1 Å². The fourth-order valence-corrected chi connectivity index (χ4v) is 2.42. The highest BCUT2D eigenvalue weighted by atomic mass is 32.2. The summed E-state index contributed by atoms with van der Waals surface area (Å²) in [6, 6.07) is -1.07. The summed E-state index contributed by atoms with van der Waals surface area (Å²) < 4.78 is 0. The molecule has 0 aromatic rings. The molecule has 2 amide bonds. The molecule has 20 heavy (non-hydrogen) atoms. The van der Waals surface area contributed by atoms with Crippen LogP contribution in [0.4, 0.5) is 4.79 Å². The quantitative estimate of drug-likeness (QED) is 0.651. The zero-order valence-corrected chi connectivity index (χ0v) is 13.8. The second-order valence-corrected chi connectivity index (χ2v) is 5.83. The molecule has 2 N–H and O–H groups in total. The number of carbonyl (C=O) groups is 2. The summed E-state index contributed by atoms with van der Waals surface area (Å²) in [5.41, 5.74) is 0. The molecule has 0 aromatic carbocycles. The number of nitrogens with zero attached hydrogens (tertiary/aromatic N) is 1. The van der Waals surface area contributed by atoms with Crippen LogP contribution in [0.5, 0.6) is 0 Å². The second kappa shape index (κ2) is 10.8. The lowest BCUT2D eigenvalue weighted by molar-refractivity contribution is -0.139. The summed E-state index contributed by atoms with van der Waals surface area (Å²) in [6.45, 7) is 7.41. The van der Waals surface area contributed by atoms with E-state index in [2.05, 4.69) is 19.2 Å². The maximum Gasteiger partial charge on any atom is 0.326 e. The molecule has 0 unspecified atom stereocenters. The summed E-state index contributed by atoms with van der Waals surface area (Å²) in [4.78, 5) is 25.0. The highest BCUT2D eigenvalue weighted by molar-refractivity contribution is 7.98. The van der Waals surface area contributed by atoms with Crippen molar-refractivity contribution in [2.24, 2.45) is 5.92 Å². The standard InChI is InChI=1S/C14H28N2O3S/c1-5-11(6-2)10-16(7-3)14(19)15-12(13(17)18)8-9-20-4/h11-12H,5-10H2,1-4H3,(H,15,19)(H,17,18)/t12-/m0/s1. The smallest absolute Gasteiger partial charge is 0.326 e. The predicted octanol–water partition coefficient (Wildman–Crippen LogP) is 2.66. The monoisotopic (exact) mass is 304 g/mol. The van der Waals surface area contributed by atoms with Gasteiger partial charge in [0, 0.05) is 13.1 Å². The van der Waals surface area contributed by atoms with E-state index in [1.807, 2.05) is 13.2 Å². The maximum atomic E-state index is 12.2. The molecular formula is C14H28N2O3S. The van der Waals surface area contributed by atoms with Gasteiger partial charge < -0.3 is 15.3 Å². The van der Waals surface area contributed by atoms with Gasteiger partial charge in [-0.15, -0.1) is 0 Å². The van der Waals surface area contributed by atoms with Crippen molar-refractivity contribution < 1.29 is 14.7 Å². The average Bonchev–Trinajstić information content (AvgIpc) is 2.44. The number of amides is 2. The lowest BCUT2D eigenvalue weighted by atomic mass is 10.0. The minimum Gasteiger partial charge on any atom is -0.480 e. The first-order valence-electron chi connectivity index (χ1n) is 7.27. The van der Waals surface area contributed by atoms with Crippen LogP contribution in [0.1, 0.15) is 40.0 Å². The minimum absolute atomic E-state index is 0.270. The van der Waals surface area contributed by atoms with Crippen LogP contribution in [0.15, 0.2) is 0 Å². The molecule has 0 aliphatic rings. The minimum atomic E-state index is -0.967. The average molecular weight is 304 g/mol. The fourth-order valence-electron chi connectivity index (χ4n) is 1.95. The van der Waals surface area contributed by atoms with Gasteiger partial charge in [0.05, 0.1) is 0 Å². The van der Waals surface area contributed by atoms with Gasteiger partial charge in [-0.05, 0) is 31.3 Å². The number of thioether (sulfide) groups is 1. The molecule has 0 bridgehead atoms. The zero-order chi connectivity index (χ0) is 15.5. The molecule has 0 saturated carbocycles. The predicted molar refractivity (Wildman–Crippen MR) is 84.3 cm³/mol. The van der Waals surface area contributed by atoms with Crippen molar-refractivity contribution in [3.63, 3.8) is 0 Å². The lowest BCUT2D eigenvalue weighted by Gasteiger charge is -2.27. The highest BCUT2D eigenvalue weighted by Crippen LogP contribution is 2.10. The Kier molecular flexibility index (Phi) is 10.3. The largest absolute Gasteiger partial charge is 0.480 e. The Morgan fingerprint density at radius 3 is 2.25 bits per heavy atom. The van der Waals surface area contributed by atoms with Gasteiger partial charge in [0.25, 0.3) is 0 Å². The van der Waals surface area contributed by atoms with E-state index in [9.17, 15) is 9.59 Å². The van der Waals surface area contributed by atoms with E-state index in [1.165, 1.54) is 0 Å². The molecule has 0 heterocycles. The second-order valence-electron chi connectivity index (χ2n) is 4.84. The molecule has 0 aliphatic carbocycles. The molecule has 0 aromatic heterocycles. The van der Waals surface area contributed by atoms with E-state index in [0.717, 1.165) is 18.6 Å². The van der Waals surface area contributed by atoms with Crippen LogP contribution >= 0.6 is 11.8 Å². The molecule has 0 fully saturated rings. The van der Waals surface area contributed by atoms with Crippen LogP contribution < -0.4 is 5.32 Å². The van der Waals surface area contributed by atoms with E-state index >= 15 is 0 Å². The molecule has 0 radical (unpaired) electrons. The number of carboxylic acid groups (broad SMARTS) is 1. The summed E-state index contributed by atoms with van der Waals surface area (Å²) in [6.07, 6.45) is 4.42. The van der Waals surface area contributed by atoms with Crippen LogP contribution in [-0.4, -0.2) is 53.1 Å². The number of aliphatic carboxylic acids is 1. The van der Waals surface area contributed by atoms with Crippen molar-refractivity contribution in [1.82, 2.24) is 10.2 Å². The lowest BCUT2D eigenvalue weighted by Crippen LogP contribution is -2.49. The van der Waals surface area contributed by atoms with Crippen LogP contribution in [-0.2, 0) is 4.79 Å². The molecular weight excluding hydrogens is 276 g/mol. The molecule has 0 aliphatic heterocycles. The Morgan fingerprint density at radius 1 is 1.25 bits per heavy atom. The third-order valence-corrected chi connectivity index (χ3v) is 4.15. The zero-order valence-electron chi connectivity index (χ0n) is 13.0. The number of hydrogen-bond donors (Lipinski definition) is 2. The molecule has 1 atom stereocenters. The first kappa shape index (κ1) is 19.1. The summed E-state index contributed by atoms with van der Waals surface area (Å²) in [5.74, 6) is 0.219. The van der Waals surface area contributed by atoms with Crippen molar-refractivity contribution in [2.45, 2.75) is 46.1 Å². The molecule has 0 spiro atoms. The number of rotatable bonds is 10. The van der Waals surface area contributed by atoms with Crippen molar-refractivity contribution in [1.29, 1.82) is 0 Å². The van der Waals surface area contributed by atoms with Crippen LogP contribution in [0, 0.1) is 5.92 Å². The van der Waals surface area contributed by atoms with Gasteiger partial charge in [0.2, 0.25) is 0 Å². The van der Waals surface area contributed by atoms with Crippen molar-refractivity contribution in [3.05, 3.63) is 0 Å². The molecule has 0 rings (SSSR count). The van der Waals surface area contributed by atoms with E-state index in [-0.39, 0.29) is 6.03 Å². The van der Waals surface area contributed by atoms with Crippen LogP contribution in [0.2, 0.25) is 0 Å². The van der Waals surface area contributed by atoms with E-state index < -0.39 is 12.0 Å². The molecule has 6 heteroatoms. The number of carboxylic acids is 1. The highest BCUT2D eigenvalue weighted by Gasteiger charge is 2.23. The van der Waals surface area contributed by atoms with Gasteiger partial charge >= 0.3 is 12.0 Å². The topological polar surface area (TPSA) is 69.6 Å². The third kappa shape index (κ3) is 7.03. The fraction of sp³-hybridized carbons (Fsp3) is 0.857. The summed E-state index contributed by atoms with van der Waals surface area (Å²) in [7, 11) is 0. The normalized spacial score (nSPS) is 12.2. The van der Waals surface area contributed by atoms with Crippen molar-refractivity contribution in [3.8, 4) is 0 Å². The molecule has 118 valence electrons. The Balaban J connectivity index is 4.53. The third-order valence-electron chi connectivity index (χ3n) is 3.51. The van der Waals surface area contributed by atoms with E-state index in [4.69, 9.17) is 5.11 Å². The Bertz CT molecular complexity index is 296. The van der Waals surface area contributed by atoms with Gasteiger partial charge in [0.15, 0.2) is 0 Å². The van der Waals surface area contributed by atoms with Crippen molar-refractivity contribution >= 4 is 23.8 Å². The first-order chi connectivity index (χ1) is 9.49. The van der Waals surface area contributed by atoms with Crippen LogP contribution in [0.25, 0.3) is 0 Å². The number of urea groups is 1. The van der Waals surface area contributed by atoms with E-state index in [1.54, 1.807) is 16.7 Å². The summed E-state index contributed by atoms with van der Waals surface area (Å²) in [5, 5.41) is 11.8. The summed E-state index contributed by atoms with van der Waals surface area (Å²) >= 11 is 1.58. The van der Waals surface area contributed by atoms with E-state index in [0.29, 0.717) is 25.4 Å². The van der Waals surface area contributed by atoms with Gasteiger partial charge in [-0.25, -0.2) is 9.59 Å². The Labute approximate surface area is 126 Å². The van der Waals surface area contributed by atoms with Gasteiger partial charge in [0.1, 0.15) is 6.04 Å². The first-order valence-corrected chi connectivity index (χ1v) is 8.66. The molecule has 5 nitrogen and oxygen atoms in total. The SMILES string of the molecule is CCC(CC)CN(CC)C(=O)N[C@@H](CCSC)C(=O)O. The number of hydrogen-bond acceptors (Lipinski definition) is 3. The molecule has 0 saturated heterocycles. The van der Waals surface area contributed by atoms with Crippen LogP contribution in [0.3, 0.4) is 0 Å². The van der Waals surface area contributed by atoms with Gasteiger partial charge in [-0.1, -0.05) is 26.7 Å². The van der Waals surface area contributed by atoms with Gasteiger partial charge in [-0.3, -0.25) is 0 Å². The number of carbonyl (C=O) groups excluding carboxylic acids is 1. The Hall–Kier alpha value is -0.910. The maximum absolute atomic E-state index is 12.2. The van der Waals surface area contributed by atoms with Gasteiger partial charge in [-0.2, -0.15) is 11.8 Å².